The molecule has 208 valence electrons. The van der Waals surface area contributed by atoms with Crippen LogP contribution in [0.1, 0.15) is 63.8 Å². The largest absolute Gasteiger partial charge is 0.543 e. The molecule has 0 aliphatic heterocycles. The van der Waals surface area contributed by atoms with E-state index in [1.165, 1.54) is 0 Å². The van der Waals surface area contributed by atoms with Crippen LogP contribution in [0.3, 0.4) is 0 Å². The topological polar surface area (TPSA) is 66.0 Å². The average molecular weight is 567 g/mol. The molecule has 0 bridgehead atoms. The number of aryl methyl sites for hydroxylation is 2. The van der Waals surface area contributed by atoms with Crippen molar-refractivity contribution < 1.29 is 8.85 Å². The van der Waals surface area contributed by atoms with E-state index in [0.29, 0.717) is 11.1 Å². The summed E-state index contributed by atoms with van der Waals surface area (Å²) in [6.07, 6.45) is 0. The van der Waals surface area contributed by atoms with Crippen LogP contribution < -0.4 is 8.85 Å². The Morgan fingerprint density at radius 1 is 0.600 bits per heavy atom. The molecule has 0 amide bonds. The third-order valence-electron chi connectivity index (χ3n) is 9.38. The highest BCUT2D eigenvalue weighted by Crippen LogP contribution is 2.46. The second kappa shape index (κ2) is 9.65. The fraction of sp³-hybridized carbons (Fsp3) is 0.412. The van der Waals surface area contributed by atoms with Gasteiger partial charge in [0.2, 0.25) is 16.6 Å². The Morgan fingerprint density at radius 2 is 0.950 bits per heavy atom. The van der Waals surface area contributed by atoms with E-state index in [-0.39, 0.29) is 10.1 Å². The maximum atomic E-state index is 10.1. The summed E-state index contributed by atoms with van der Waals surface area (Å²) in [6.45, 7) is 26.6. The zero-order chi connectivity index (χ0) is 30.0. The minimum absolute atomic E-state index is 0.0476. The molecule has 0 fully saturated rings. The summed E-state index contributed by atoms with van der Waals surface area (Å²) in [7, 11) is -4.22. The highest BCUT2D eigenvalue weighted by Gasteiger charge is 2.40. The molecule has 0 N–H and O–H groups in total. The number of nitriles is 2. The van der Waals surface area contributed by atoms with Crippen molar-refractivity contribution in [2.24, 2.45) is 0 Å². The zero-order valence-electron chi connectivity index (χ0n) is 26.2. The fourth-order valence-corrected chi connectivity index (χ4v) is 6.96. The van der Waals surface area contributed by atoms with Gasteiger partial charge in [-0.05, 0) is 119 Å². The first-order chi connectivity index (χ1) is 18.3. The lowest BCUT2D eigenvalue weighted by Gasteiger charge is -2.37. The lowest BCUT2D eigenvalue weighted by Crippen LogP contribution is -2.44. The van der Waals surface area contributed by atoms with E-state index < -0.39 is 16.6 Å². The molecule has 40 heavy (non-hydrogen) atoms. The van der Waals surface area contributed by atoms with Crippen molar-refractivity contribution in [3.05, 3.63) is 58.7 Å². The lowest BCUT2D eigenvalue weighted by molar-refractivity contribution is 0.490. The average Bonchev–Trinajstić information content (AvgIpc) is 2.84. The predicted octanol–water partition coefficient (Wildman–Crippen LogP) is 10.3. The molecule has 0 aromatic heterocycles. The van der Waals surface area contributed by atoms with Gasteiger partial charge in [-0.25, -0.2) is 0 Å². The molecular formula is C34H42N2O2Si2. The van der Waals surface area contributed by atoms with Crippen LogP contribution in [0.15, 0.2) is 36.4 Å². The van der Waals surface area contributed by atoms with Crippen LogP contribution in [0.5, 0.6) is 11.5 Å². The highest BCUT2D eigenvalue weighted by molar-refractivity contribution is 6.75. The number of hydrogen-bond donors (Lipinski definition) is 0. The summed E-state index contributed by atoms with van der Waals surface area (Å²) < 4.78 is 13.7. The van der Waals surface area contributed by atoms with Gasteiger partial charge in [0.25, 0.3) is 0 Å². The molecule has 4 aromatic rings. The van der Waals surface area contributed by atoms with E-state index in [0.717, 1.165) is 54.9 Å². The van der Waals surface area contributed by atoms with Crippen LogP contribution in [0.4, 0.5) is 0 Å². The number of nitrogens with zero attached hydrogens (tertiary/aromatic N) is 2. The second-order valence-corrected chi connectivity index (χ2v) is 23.6. The molecule has 0 saturated heterocycles. The summed E-state index contributed by atoms with van der Waals surface area (Å²) in [6, 6.07) is 16.8. The van der Waals surface area contributed by atoms with Gasteiger partial charge >= 0.3 is 0 Å². The third kappa shape index (κ3) is 4.78. The van der Waals surface area contributed by atoms with E-state index in [2.05, 4.69) is 93.7 Å². The smallest absolute Gasteiger partial charge is 0.250 e. The molecule has 0 unspecified atom stereocenters. The van der Waals surface area contributed by atoms with Crippen molar-refractivity contribution in [2.45, 2.75) is 91.7 Å². The van der Waals surface area contributed by atoms with Gasteiger partial charge in [-0.3, -0.25) is 0 Å². The van der Waals surface area contributed by atoms with Crippen LogP contribution in [0.2, 0.25) is 36.3 Å². The quantitative estimate of drug-likeness (QED) is 0.182. The predicted molar refractivity (Wildman–Crippen MR) is 174 cm³/mol. The Labute approximate surface area is 241 Å². The molecule has 6 heteroatoms. The molecule has 0 spiro atoms. The number of rotatable bonds is 4. The second-order valence-electron chi connectivity index (χ2n) is 14.1. The molecule has 0 heterocycles. The van der Waals surface area contributed by atoms with Crippen molar-refractivity contribution in [1.82, 2.24) is 0 Å². The van der Waals surface area contributed by atoms with Gasteiger partial charge < -0.3 is 8.85 Å². The van der Waals surface area contributed by atoms with Gasteiger partial charge in [0, 0.05) is 10.8 Å². The van der Waals surface area contributed by atoms with Gasteiger partial charge in [-0.1, -0.05) is 41.5 Å². The number of hydrogen-bond acceptors (Lipinski definition) is 4. The van der Waals surface area contributed by atoms with Crippen LogP contribution in [-0.2, 0) is 0 Å². The van der Waals surface area contributed by atoms with Crippen LogP contribution >= 0.6 is 0 Å². The zero-order valence-corrected chi connectivity index (χ0v) is 28.2. The first-order valence-electron chi connectivity index (χ1n) is 14.0. The Morgan fingerprint density at radius 3 is 1.25 bits per heavy atom. The third-order valence-corrected chi connectivity index (χ3v) is 18.1. The van der Waals surface area contributed by atoms with E-state index in [4.69, 9.17) is 8.85 Å². The minimum atomic E-state index is -2.11. The maximum absolute atomic E-state index is 10.1. The van der Waals surface area contributed by atoms with Crippen molar-refractivity contribution in [1.29, 1.82) is 10.5 Å². The summed E-state index contributed by atoms with van der Waals surface area (Å²) in [5.74, 6) is 1.72. The summed E-state index contributed by atoms with van der Waals surface area (Å²) in [5, 5.41) is 26.1. The van der Waals surface area contributed by atoms with E-state index in [1.54, 1.807) is 0 Å². The normalized spacial score (nSPS) is 12.9. The Hall–Kier alpha value is -3.33. The van der Waals surface area contributed by atoms with Crippen LogP contribution in [-0.4, -0.2) is 16.6 Å². The molecule has 0 radical (unpaired) electrons. The van der Waals surface area contributed by atoms with Gasteiger partial charge in [0.15, 0.2) is 0 Å². The van der Waals surface area contributed by atoms with Crippen LogP contribution in [0.25, 0.3) is 32.3 Å². The SMILES string of the molecule is Cc1c(O[Si](C)(C)C(C)(C)C)ccc2c(C#N)cc3cc(C#N)c4ccc(O[Si](C)(C)C(C)(C)C)c(C)c4c3c12. The lowest BCUT2D eigenvalue weighted by atomic mass is 9.88. The number of benzene rings is 4. The van der Waals surface area contributed by atoms with E-state index >= 15 is 0 Å². The van der Waals surface area contributed by atoms with E-state index in [9.17, 15) is 10.5 Å². The molecule has 4 aromatic carbocycles. The monoisotopic (exact) mass is 566 g/mol. The Kier molecular flexibility index (Phi) is 7.15. The standard InChI is InChI=1S/C34H42N2O2Si2/c1-21-28(37-39(9,10)33(3,4)5)15-13-26-24(19-35)17-23-18-25(20-36)27-14-16-29(38-40(11,12)34(6,7)8)22(2)31(27)32(23)30(21)26/h13-18H,1-12H3. The van der Waals surface area contributed by atoms with Crippen molar-refractivity contribution in [3.63, 3.8) is 0 Å². The number of fused-ring (bicyclic) bond motifs is 5. The van der Waals surface area contributed by atoms with Crippen molar-refractivity contribution in [2.75, 3.05) is 0 Å². The first kappa shape index (κ1) is 29.7. The minimum Gasteiger partial charge on any atom is -0.543 e. The fourth-order valence-electron chi connectivity index (χ4n) is 4.81. The molecule has 4 rings (SSSR count). The highest BCUT2D eigenvalue weighted by atomic mass is 28.4. The van der Waals surface area contributed by atoms with Gasteiger partial charge in [-0.2, -0.15) is 10.5 Å². The molecule has 4 nitrogen and oxygen atoms in total. The molecule has 0 atom stereocenters. The Balaban J connectivity index is 2.18. The molecular weight excluding hydrogens is 525 g/mol. The Bertz CT molecular complexity index is 1630. The summed E-state index contributed by atoms with van der Waals surface area (Å²) in [5.41, 5.74) is 3.23. The van der Waals surface area contributed by atoms with Crippen molar-refractivity contribution >= 4 is 49.0 Å². The van der Waals surface area contributed by atoms with Gasteiger partial charge in [0.05, 0.1) is 23.3 Å². The summed E-state index contributed by atoms with van der Waals surface area (Å²) >= 11 is 0. The van der Waals surface area contributed by atoms with Crippen molar-refractivity contribution in [3.8, 4) is 23.6 Å². The maximum Gasteiger partial charge on any atom is 0.250 e. The van der Waals surface area contributed by atoms with Gasteiger partial charge in [0.1, 0.15) is 11.5 Å². The molecule has 0 aliphatic rings. The first-order valence-corrected chi connectivity index (χ1v) is 19.8. The van der Waals surface area contributed by atoms with Crippen LogP contribution in [0, 0.1) is 36.5 Å². The molecule has 0 saturated carbocycles. The van der Waals surface area contributed by atoms with E-state index in [1.807, 2.05) is 36.4 Å². The molecule has 0 aliphatic carbocycles. The van der Waals surface area contributed by atoms with Gasteiger partial charge in [-0.15, -0.1) is 0 Å². The summed E-state index contributed by atoms with van der Waals surface area (Å²) in [4.78, 5) is 0.